The summed E-state index contributed by atoms with van der Waals surface area (Å²) in [7, 11) is 0. The number of pyridine rings is 1. The molecule has 5 heteroatoms. The number of nitriles is 1. The lowest BCUT2D eigenvalue weighted by molar-refractivity contribution is -0.136. The van der Waals surface area contributed by atoms with Crippen LogP contribution in [0.1, 0.15) is 12.0 Å². The van der Waals surface area contributed by atoms with Gasteiger partial charge in [-0.25, -0.2) is 4.98 Å². The quantitative estimate of drug-likeness (QED) is 0.853. The average molecular weight is 258 g/mol. The van der Waals surface area contributed by atoms with Crippen molar-refractivity contribution in [3.8, 4) is 6.07 Å². The minimum atomic E-state index is -0.846. The van der Waals surface area contributed by atoms with E-state index in [4.69, 9.17) is 10.4 Å². The van der Waals surface area contributed by atoms with Crippen molar-refractivity contribution < 1.29 is 9.90 Å². The standard InChI is InChI=1S/C13H10N2O2S/c14-8-10-7-9-3-1-2-4-11(9)15-13(10)18-6-5-12(16)17/h1-4,7H,5-6H2,(H,16,17). The summed E-state index contributed by atoms with van der Waals surface area (Å²) in [5, 5.41) is 19.2. The predicted octanol–water partition coefficient (Wildman–Crippen LogP) is 2.67. The zero-order valence-electron chi connectivity index (χ0n) is 9.46. The Labute approximate surface area is 108 Å². The number of aliphatic carboxylic acids is 1. The number of aromatic nitrogens is 1. The Kier molecular flexibility index (Phi) is 3.80. The molecule has 0 atom stereocenters. The SMILES string of the molecule is N#Cc1cc2ccccc2nc1SCCC(=O)O. The van der Waals surface area contributed by atoms with Gasteiger partial charge in [-0.3, -0.25) is 4.79 Å². The molecule has 0 bridgehead atoms. The maximum atomic E-state index is 10.5. The lowest BCUT2D eigenvalue weighted by Crippen LogP contribution is -1.97. The van der Waals surface area contributed by atoms with E-state index >= 15 is 0 Å². The molecule has 2 rings (SSSR count). The first-order valence-electron chi connectivity index (χ1n) is 5.35. The van der Waals surface area contributed by atoms with E-state index in [0.717, 1.165) is 10.9 Å². The number of hydrogen-bond donors (Lipinski definition) is 1. The molecular weight excluding hydrogens is 248 g/mol. The van der Waals surface area contributed by atoms with Crippen LogP contribution in [0.25, 0.3) is 10.9 Å². The van der Waals surface area contributed by atoms with Gasteiger partial charge in [0.05, 0.1) is 17.5 Å². The van der Waals surface area contributed by atoms with Gasteiger partial charge in [0.25, 0.3) is 0 Å². The van der Waals surface area contributed by atoms with Gasteiger partial charge >= 0.3 is 5.97 Å². The predicted molar refractivity (Wildman–Crippen MR) is 69.4 cm³/mol. The number of carbonyl (C=O) groups is 1. The van der Waals surface area contributed by atoms with Gasteiger partial charge in [0, 0.05) is 11.1 Å². The topological polar surface area (TPSA) is 74.0 Å². The Morgan fingerprint density at radius 2 is 2.22 bits per heavy atom. The van der Waals surface area contributed by atoms with Crippen molar-refractivity contribution in [2.24, 2.45) is 0 Å². The van der Waals surface area contributed by atoms with Gasteiger partial charge in [-0.15, -0.1) is 11.8 Å². The summed E-state index contributed by atoms with van der Waals surface area (Å²) < 4.78 is 0. The highest BCUT2D eigenvalue weighted by molar-refractivity contribution is 7.99. The van der Waals surface area contributed by atoms with E-state index < -0.39 is 5.97 Å². The van der Waals surface area contributed by atoms with Gasteiger partial charge in [-0.1, -0.05) is 18.2 Å². The lowest BCUT2D eigenvalue weighted by atomic mass is 10.2. The average Bonchev–Trinajstić information content (AvgIpc) is 2.37. The Hall–Kier alpha value is -2.06. The maximum Gasteiger partial charge on any atom is 0.304 e. The van der Waals surface area contributed by atoms with E-state index in [1.54, 1.807) is 6.07 Å². The van der Waals surface area contributed by atoms with Gasteiger partial charge in [0.15, 0.2) is 0 Å². The molecule has 1 aromatic carbocycles. The summed E-state index contributed by atoms with van der Waals surface area (Å²) in [4.78, 5) is 14.8. The van der Waals surface area contributed by atoms with Crippen molar-refractivity contribution in [2.45, 2.75) is 11.4 Å². The fraction of sp³-hybridized carbons (Fsp3) is 0.154. The first kappa shape index (κ1) is 12.4. The number of thioether (sulfide) groups is 1. The number of benzene rings is 1. The summed E-state index contributed by atoms with van der Waals surface area (Å²) in [5.41, 5.74) is 1.30. The minimum Gasteiger partial charge on any atom is -0.481 e. The molecule has 0 radical (unpaired) electrons. The van der Waals surface area contributed by atoms with Crippen LogP contribution in [0, 0.1) is 11.3 Å². The molecule has 18 heavy (non-hydrogen) atoms. The molecule has 0 aliphatic heterocycles. The zero-order chi connectivity index (χ0) is 13.0. The molecule has 0 amide bonds. The number of hydrogen-bond acceptors (Lipinski definition) is 4. The number of carboxylic acid groups (broad SMARTS) is 1. The lowest BCUT2D eigenvalue weighted by Gasteiger charge is -2.04. The van der Waals surface area contributed by atoms with Crippen LogP contribution in [0.15, 0.2) is 35.4 Å². The third-order valence-corrected chi connectivity index (χ3v) is 3.36. The molecule has 0 saturated heterocycles. The highest BCUT2D eigenvalue weighted by Gasteiger charge is 2.08. The van der Waals surface area contributed by atoms with Crippen LogP contribution in [-0.2, 0) is 4.79 Å². The Bertz CT molecular complexity index is 634. The van der Waals surface area contributed by atoms with Crippen molar-refractivity contribution in [1.82, 2.24) is 4.98 Å². The van der Waals surface area contributed by atoms with Crippen LogP contribution < -0.4 is 0 Å². The second-order valence-electron chi connectivity index (χ2n) is 3.64. The van der Waals surface area contributed by atoms with E-state index in [9.17, 15) is 4.79 Å². The molecule has 0 fully saturated rings. The third kappa shape index (κ3) is 2.79. The normalized spacial score (nSPS) is 10.2. The van der Waals surface area contributed by atoms with Crippen LogP contribution >= 0.6 is 11.8 Å². The van der Waals surface area contributed by atoms with Gasteiger partial charge in [0.1, 0.15) is 11.1 Å². The molecule has 0 aliphatic carbocycles. The zero-order valence-corrected chi connectivity index (χ0v) is 10.3. The number of fused-ring (bicyclic) bond motifs is 1. The van der Waals surface area contributed by atoms with Crippen molar-refractivity contribution in [1.29, 1.82) is 5.26 Å². The molecule has 0 spiro atoms. The number of para-hydroxylation sites is 1. The molecule has 4 nitrogen and oxygen atoms in total. The van der Waals surface area contributed by atoms with Gasteiger partial charge in [-0.05, 0) is 12.1 Å². The van der Waals surface area contributed by atoms with Gasteiger partial charge in [-0.2, -0.15) is 5.26 Å². The highest BCUT2D eigenvalue weighted by Crippen LogP contribution is 2.24. The van der Waals surface area contributed by atoms with Crippen LogP contribution in [0.5, 0.6) is 0 Å². The smallest absolute Gasteiger partial charge is 0.304 e. The molecule has 1 heterocycles. The Morgan fingerprint density at radius 3 is 2.94 bits per heavy atom. The second-order valence-corrected chi connectivity index (χ2v) is 4.72. The molecule has 0 aliphatic rings. The Morgan fingerprint density at radius 1 is 1.44 bits per heavy atom. The molecular formula is C13H10N2O2S. The molecule has 2 aromatic rings. The molecule has 90 valence electrons. The summed E-state index contributed by atoms with van der Waals surface area (Å²) >= 11 is 1.30. The van der Waals surface area contributed by atoms with Crippen LogP contribution in [0.2, 0.25) is 0 Å². The van der Waals surface area contributed by atoms with Crippen molar-refractivity contribution in [3.63, 3.8) is 0 Å². The van der Waals surface area contributed by atoms with E-state index in [1.807, 2.05) is 24.3 Å². The second kappa shape index (κ2) is 5.52. The van der Waals surface area contributed by atoms with E-state index in [2.05, 4.69) is 11.1 Å². The summed E-state index contributed by atoms with van der Waals surface area (Å²) in [5.74, 6) is -0.434. The first-order chi connectivity index (χ1) is 8.70. The molecule has 1 aromatic heterocycles. The fourth-order valence-corrected chi connectivity index (χ4v) is 2.42. The summed E-state index contributed by atoms with van der Waals surface area (Å²) in [6.45, 7) is 0. The minimum absolute atomic E-state index is 0.0596. The number of carboxylic acids is 1. The maximum absolute atomic E-state index is 10.5. The van der Waals surface area contributed by atoms with Gasteiger partial charge in [0.2, 0.25) is 0 Å². The van der Waals surface area contributed by atoms with E-state index in [-0.39, 0.29) is 6.42 Å². The summed E-state index contributed by atoms with van der Waals surface area (Å²) in [6.07, 6.45) is 0.0596. The largest absolute Gasteiger partial charge is 0.481 e. The van der Waals surface area contributed by atoms with Crippen molar-refractivity contribution in [3.05, 3.63) is 35.9 Å². The monoisotopic (exact) mass is 258 g/mol. The van der Waals surface area contributed by atoms with Crippen LogP contribution in [-0.4, -0.2) is 21.8 Å². The molecule has 0 unspecified atom stereocenters. The summed E-state index contributed by atoms with van der Waals surface area (Å²) in [6, 6.07) is 11.4. The third-order valence-electron chi connectivity index (χ3n) is 2.36. The van der Waals surface area contributed by atoms with E-state index in [1.165, 1.54) is 11.8 Å². The fourth-order valence-electron chi connectivity index (χ4n) is 1.52. The van der Waals surface area contributed by atoms with Crippen LogP contribution in [0.4, 0.5) is 0 Å². The Balaban J connectivity index is 2.31. The number of rotatable bonds is 4. The first-order valence-corrected chi connectivity index (χ1v) is 6.34. The van der Waals surface area contributed by atoms with Crippen LogP contribution in [0.3, 0.4) is 0 Å². The number of nitrogens with zero attached hydrogens (tertiary/aromatic N) is 2. The molecule has 0 saturated carbocycles. The van der Waals surface area contributed by atoms with Crippen molar-refractivity contribution >= 4 is 28.6 Å². The highest BCUT2D eigenvalue weighted by atomic mass is 32.2. The van der Waals surface area contributed by atoms with E-state index in [0.29, 0.717) is 16.3 Å². The van der Waals surface area contributed by atoms with Gasteiger partial charge < -0.3 is 5.11 Å². The molecule has 1 N–H and O–H groups in total. The van der Waals surface area contributed by atoms with Crippen molar-refractivity contribution in [2.75, 3.05) is 5.75 Å².